The van der Waals surface area contributed by atoms with Crippen LogP contribution in [0.3, 0.4) is 0 Å². The van der Waals surface area contributed by atoms with Gasteiger partial charge in [-0.3, -0.25) is 14.2 Å². The summed E-state index contributed by atoms with van der Waals surface area (Å²) >= 11 is 0. The predicted molar refractivity (Wildman–Crippen MR) is 113 cm³/mol. The van der Waals surface area contributed by atoms with Crippen LogP contribution in [0.2, 0.25) is 0 Å². The van der Waals surface area contributed by atoms with Gasteiger partial charge in [0, 0.05) is 12.5 Å². The number of amides is 1. The summed E-state index contributed by atoms with van der Waals surface area (Å²) < 4.78 is 1.25. The summed E-state index contributed by atoms with van der Waals surface area (Å²) in [6, 6.07) is 6.05. The van der Waals surface area contributed by atoms with Gasteiger partial charge >= 0.3 is 11.7 Å². The third kappa shape index (κ3) is 4.63. The summed E-state index contributed by atoms with van der Waals surface area (Å²) in [5.74, 6) is -1.49. The van der Waals surface area contributed by atoms with Crippen LogP contribution in [0, 0.1) is 17.8 Å². The molecule has 0 spiro atoms. The second-order valence-electron chi connectivity index (χ2n) is 8.32. The predicted octanol–water partition coefficient (Wildman–Crippen LogP) is 2.11. The quantitative estimate of drug-likeness (QED) is 0.639. The van der Waals surface area contributed by atoms with E-state index in [0.29, 0.717) is 49.6 Å². The van der Waals surface area contributed by atoms with Crippen molar-refractivity contribution in [3.63, 3.8) is 0 Å². The van der Waals surface area contributed by atoms with Gasteiger partial charge < -0.3 is 15.4 Å². The maximum absolute atomic E-state index is 12.7. The number of aromatic nitrogens is 2. The Balaban J connectivity index is 1.63. The van der Waals surface area contributed by atoms with E-state index in [2.05, 4.69) is 10.3 Å². The topological polar surface area (TPSA) is 121 Å². The second-order valence-corrected chi connectivity index (χ2v) is 8.32. The number of para-hydroxylation sites is 1. The molecular formula is C22H29N3O5. The van der Waals surface area contributed by atoms with Gasteiger partial charge in [0.15, 0.2) is 0 Å². The molecule has 1 amide bonds. The van der Waals surface area contributed by atoms with Crippen molar-refractivity contribution in [3.05, 3.63) is 45.1 Å². The molecule has 1 heterocycles. The van der Waals surface area contributed by atoms with Crippen molar-refractivity contribution >= 4 is 22.8 Å². The number of carboxylic acids is 1. The Morgan fingerprint density at radius 2 is 1.87 bits per heavy atom. The molecule has 0 saturated heterocycles. The van der Waals surface area contributed by atoms with Gasteiger partial charge in [0.1, 0.15) is 6.04 Å². The minimum Gasteiger partial charge on any atom is -0.480 e. The monoisotopic (exact) mass is 415 g/mol. The van der Waals surface area contributed by atoms with E-state index in [-0.39, 0.29) is 29.2 Å². The first kappa shape index (κ1) is 21.8. The van der Waals surface area contributed by atoms with Crippen LogP contribution in [0.15, 0.2) is 33.9 Å². The van der Waals surface area contributed by atoms with Gasteiger partial charge in [-0.05, 0) is 49.7 Å². The first-order valence-electron chi connectivity index (χ1n) is 10.6. The van der Waals surface area contributed by atoms with Crippen LogP contribution in [0.1, 0.15) is 46.0 Å². The average molecular weight is 415 g/mol. The van der Waals surface area contributed by atoms with Crippen LogP contribution >= 0.6 is 0 Å². The Labute approximate surface area is 174 Å². The molecule has 3 N–H and O–H groups in total. The normalized spacial score (nSPS) is 21.1. The van der Waals surface area contributed by atoms with Gasteiger partial charge in [-0.25, -0.2) is 9.59 Å². The minimum atomic E-state index is -1.01. The Morgan fingerprint density at radius 1 is 1.20 bits per heavy atom. The minimum absolute atomic E-state index is 0.124. The average Bonchev–Trinajstić information content (AvgIpc) is 2.74. The summed E-state index contributed by atoms with van der Waals surface area (Å²) in [5, 5.41) is 12.5. The van der Waals surface area contributed by atoms with Crippen molar-refractivity contribution in [1.82, 2.24) is 14.9 Å². The van der Waals surface area contributed by atoms with E-state index in [0.717, 1.165) is 0 Å². The smallest absolute Gasteiger partial charge is 0.328 e. The molecule has 2 unspecified atom stereocenters. The molecule has 0 aliphatic heterocycles. The maximum atomic E-state index is 12.7. The van der Waals surface area contributed by atoms with Crippen molar-refractivity contribution in [2.24, 2.45) is 17.8 Å². The molecule has 8 nitrogen and oxygen atoms in total. The number of carboxylic acid groups (broad SMARTS) is 1. The van der Waals surface area contributed by atoms with Crippen LogP contribution in [-0.4, -0.2) is 32.6 Å². The Morgan fingerprint density at radius 3 is 2.50 bits per heavy atom. The lowest BCUT2D eigenvalue weighted by molar-refractivity contribution is -0.144. The number of aliphatic carboxylic acids is 1. The lowest BCUT2D eigenvalue weighted by atomic mass is 9.81. The molecule has 1 aliphatic rings. The zero-order valence-corrected chi connectivity index (χ0v) is 17.4. The SMILES string of the molecule is CCC(C)C(NC(=O)C1CCC(Cn2c(=O)[nH]c3ccccc3c2=O)CC1)C(=O)O. The summed E-state index contributed by atoms with van der Waals surface area (Å²) in [4.78, 5) is 51.8. The summed E-state index contributed by atoms with van der Waals surface area (Å²) in [7, 11) is 0. The number of carbonyl (C=O) groups excluding carboxylic acids is 1. The van der Waals surface area contributed by atoms with E-state index in [1.807, 2.05) is 13.8 Å². The van der Waals surface area contributed by atoms with E-state index in [9.17, 15) is 24.3 Å². The van der Waals surface area contributed by atoms with E-state index in [1.54, 1.807) is 24.3 Å². The number of hydrogen-bond donors (Lipinski definition) is 3. The zero-order valence-electron chi connectivity index (χ0n) is 17.4. The fraction of sp³-hybridized carbons (Fsp3) is 0.545. The van der Waals surface area contributed by atoms with E-state index >= 15 is 0 Å². The Kier molecular flexibility index (Phi) is 6.74. The van der Waals surface area contributed by atoms with Gasteiger partial charge in [0.05, 0.1) is 10.9 Å². The highest BCUT2D eigenvalue weighted by atomic mass is 16.4. The highest BCUT2D eigenvalue weighted by Gasteiger charge is 2.31. The third-order valence-electron chi connectivity index (χ3n) is 6.32. The van der Waals surface area contributed by atoms with Crippen LogP contribution in [0.5, 0.6) is 0 Å². The lowest BCUT2D eigenvalue weighted by Gasteiger charge is -2.29. The van der Waals surface area contributed by atoms with E-state index in [4.69, 9.17) is 0 Å². The van der Waals surface area contributed by atoms with Gasteiger partial charge in [-0.15, -0.1) is 0 Å². The fourth-order valence-corrected chi connectivity index (χ4v) is 4.18. The summed E-state index contributed by atoms with van der Waals surface area (Å²) in [5.41, 5.74) is -0.193. The van der Waals surface area contributed by atoms with Crippen molar-refractivity contribution < 1.29 is 14.7 Å². The molecule has 0 radical (unpaired) electrons. The highest BCUT2D eigenvalue weighted by Crippen LogP contribution is 2.30. The van der Waals surface area contributed by atoms with Gasteiger partial charge in [-0.1, -0.05) is 32.4 Å². The van der Waals surface area contributed by atoms with Gasteiger partial charge in [-0.2, -0.15) is 0 Å². The molecule has 3 rings (SSSR count). The standard InChI is InChI=1S/C22H29N3O5/c1-3-13(2)18(21(28)29)24-19(26)15-10-8-14(9-11-15)12-25-20(27)16-6-4-5-7-17(16)23-22(25)30/h4-7,13-15,18H,3,8-12H2,1-2H3,(H,23,30)(H,24,26)(H,28,29). The number of benzene rings is 1. The summed E-state index contributed by atoms with van der Waals surface area (Å²) in [6.07, 6.45) is 3.31. The Bertz CT molecular complexity index is 1030. The fourth-order valence-electron chi connectivity index (χ4n) is 4.18. The molecule has 1 aromatic heterocycles. The van der Waals surface area contributed by atoms with Crippen LogP contribution in [0.4, 0.5) is 0 Å². The molecule has 1 fully saturated rings. The number of hydrogen-bond acceptors (Lipinski definition) is 4. The van der Waals surface area contributed by atoms with Crippen molar-refractivity contribution in [2.75, 3.05) is 0 Å². The van der Waals surface area contributed by atoms with Crippen LogP contribution in [0.25, 0.3) is 10.9 Å². The van der Waals surface area contributed by atoms with E-state index < -0.39 is 17.7 Å². The molecule has 30 heavy (non-hydrogen) atoms. The highest BCUT2D eigenvalue weighted by molar-refractivity contribution is 5.85. The first-order valence-corrected chi connectivity index (χ1v) is 10.6. The van der Waals surface area contributed by atoms with Gasteiger partial charge in [0.2, 0.25) is 5.91 Å². The molecule has 0 bridgehead atoms. The number of nitrogens with zero attached hydrogens (tertiary/aromatic N) is 1. The zero-order chi connectivity index (χ0) is 21.8. The van der Waals surface area contributed by atoms with Crippen LogP contribution < -0.4 is 16.6 Å². The Hall–Kier alpha value is -2.90. The number of H-pyrrole nitrogens is 1. The molecule has 2 aromatic rings. The van der Waals surface area contributed by atoms with Crippen molar-refractivity contribution in [3.8, 4) is 0 Å². The maximum Gasteiger partial charge on any atom is 0.328 e. The molecule has 8 heteroatoms. The van der Waals surface area contributed by atoms with Gasteiger partial charge in [0.25, 0.3) is 5.56 Å². The molecule has 1 aromatic carbocycles. The van der Waals surface area contributed by atoms with Crippen LogP contribution in [-0.2, 0) is 16.1 Å². The lowest BCUT2D eigenvalue weighted by Crippen LogP contribution is -2.47. The number of fused-ring (bicyclic) bond motifs is 1. The molecule has 162 valence electrons. The number of nitrogens with one attached hydrogen (secondary N) is 2. The van der Waals surface area contributed by atoms with E-state index in [1.165, 1.54) is 4.57 Å². The second kappa shape index (κ2) is 9.28. The molecule has 2 atom stereocenters. The number of aromatic amines is 1. The number of carbonyl (C=O) groups is 2. The van der Waals surface area contributed by atoms with Crippen molar-refractivity contribution in [1.29, 1.82) is 0 Å². The molecule has 1 saturated carbocycles. The summed E-state index contributed by atoms with van der Waals surface area (Å²) in [6.45, 7) is 4.03. The number of rotatable bonds is 7. The molecular weight excluding hydrogens is 386 g/mol. The van der Waals surface area contributed by atoms with Crippen molar-refractivity contribution in [2.45, 2.75) is 58.5 Å². The third-order valence-corrected chi connectivity index (χ3v) is 6.32. The largest absolute Gasteiger partial charge is 0.480 e. The molecule has 1 aliphatic carbocycles. The first-order chi connectivity index (χ1) is 14.3.